The second kappa shape index (κ2) is 11.8. The van der Waals surface area contributed by atoms with E-state index in [1.165, 1.54) is 11.6 Å². The number of guanidine groups is 1. The fraction of sp³-hybridized carbons (Fsp3) is 0.348. The number of aliphatic imine (C=N–C) groups is 1. The standard InChI is InChI=1S/C23H28FN7.HI/c1-2-25-23(29-20-10-12-30(17-20)22-21(24)9-6-11-26-22)27-13-19-14-28-31(16-19)15-18-7-4-3-5-8-18;/h3-9,11,14,16,20H,2,10,12-13,15,17H2,1H3,(H2,25,27,29);1H. The van der Waals surface area contributed by atoms with Crippen molar-refractivity contribution in [3.63, 3.8) is 0 Å². The van der Waals surface area contributed by atoms with E-state index in [1.54, 1.807) is 12.3 Å². The summed E-state index contributed by atoms with van der Waals surface area (Å²) in [5, 5.41) is 11.2. The molecular weight excluding hydrogens is 520 g/mol. The maximum Gasteiger partial charge on any atom is 0.191 e. The van der Waals surface area contributed by atoms with Gasteiger partial charge in [-0.25, -0.2) is 14.4 Å². The molecule has 7 nitrogen and oxygen atoms in total. The van der Waals surface area contributed by atoms with Gasteiger partial charge in [0, 0.05) is 43.6 Å². The monoisotopic (exact) mass is 549 g/mol. The SMILES string of the molecule is CCNC(=NCc1cnn(Cc2ccccc2)c1)NC1CCN(c2ncccc2F)C1.I. The van der Waals surface area contributed by atoms with E-state index >= 15 is 0 Å². The molecule has 4 rings (SSSR count). The molecule has 0 bridgehead atoms. The summed E-state index contributed by atoms with van der Waals surface area (Å²) < 4.78 is 16.0. The number of hydrogen-bond acceptors (Lipinski definition) is 4. The molecule has 0 aliphatic carbocycles. The average Bonchev–Trinajstić information content (AvgIpc) is 3.43. The molecule has 2 aromatic heterocycles. The molecule has 32 heavy (non-hydrogen) atoms. The highest BCUT2D eigenvalue weighted by Gasteiger charge is 2.25. The van der Waals surface area contributed by atoms with Crippen molar-refractivity contribution in [1.29, 1.82) is 0 Å². The van der Waals surface area contributed by atoms with Crippen LogP contribution in [0.25, 0.3) is 0 Å². The van der Waals surface area contributed by atoms with E-state index < -0.39 is 0 Å². The third-order valence-corrected chi connectivity index (χ3v) is 5.21. The van der Waals surface area contributed by atoms with Crippen molar-refractivity contribution in [2.45, 2.75) is 32.5 Å². The summed E-state index contributed by atoms with van der Waals surface area (Å²) in [5.41, 5.74) is 2.27. The van der Waals surface area contributed by atoms with Crippen LogP contribution in [0.2, 0.25) is 0 Å². The second-order valence-corrected chi connectivity index (χ2v) is 7.61. The molecule has 170 valence electrons. The van der Waals surface area contributed by atoms with Crippen LogP contribution in [-0.2, 0) is 13.1 Å². The first-order valence-corrected chi connectivity index (χ1v) is 10.7. The Kier molecular flexibility index (Phi) is 8.83. The fourth-order valence-corrected chi connectivity index (χ4v) is 3.71. The van der Waals surface area contributed by atoms with Gasteiger partial charge in [-0.3, -0.25) is 4.68 Å². The Balaban J connectivity index is 0.00000289. The normalized spacial score (nSPS) is 16.0. The zero-order chi connectivity index (χ0) is 21.5. The minimum absolute atomic E-state index is 0. The maximum absolute atomic E-state index is 14.0. The summed E-state index contributed by atoms with van der Waals surface area (Å²) >= 11 is 0. The third-order valence-electron chi connectivity index (χ3n) is 5.21. The Labute approximate surface area is 205 Å². The Bertz CT molecular complexity index is 1010. The van der Waals surface area contributed by atoms with Crippen molar-refractivity contribution in [3.05, 3.63) is 78.0 Å². The summed E-state index contributed by atoms with van der Waals surface area (Å²) in [6.07, 6.45) is 6.41. The Morgan fingerprint density at radius 2 is 2.03 bits per heavy atom. The van der Waals surface area contributed by atoms with Gasteiger partial charge in [-0.2, -0.15) is 5.10 Å². The molecule has 1 saturated heterocycles. The van der Waals surface area contributed by atoms with Crippen molar-refractivity contribution < 1.29 is 4.39 Å². The number of nitrogens with one attached hydrogen (secondary N) is 2. The molecule has 1 aliphatic rings. The van der Waals surface area contributed by atoms with Crippen molar-refractivity contribution >= 4 is 35.8 Å². The van der Waals surface area contributed by atoms with Gasteiger partial charge in [-0.1, -0.05) is 30.3 Å². The summed E-state index contributed by atoms with van der Waals surface area (Å²) in [6, 6.07) is 13.5. The number of nitrogens with zero attached hydrogens (tertiary/aromatic N) is 5. The Morgan fingerprint density at radius 1 is 1.19 bits per heavy atom. The average molecular weight is 549 g/mol. The highest BCUT2D eigenvalue weighted by Crippen LogP contribution is 2.20. The molecule has 1 atom stereocenters. The molecule has 1 unspecified atom stereocenters. The number of hydrogen-bond donors (Lipinski definition) is 2. The van der Waals surface area contributed by atoms with Crippen LogP contribution < -0.4 is 15.5 Å². The van der Waals surface area contributed by atoms with Gasteiger partial charge >= 0.3 is 0 Å². The van der Waals surface area contributed by atoms with Crippen molar-refractivity contribution in [2.24, 2.45) is 4.99 Å². The molecule has 2 N–H and O–H groups in total. The lowest BCUT2D eigenvalue weighted by Gasteiger charge is -2.19. The molecule has 3 aromatic rings. The van der Waals surface area contributed by atoms with E-state index in [9.17, 15) is 4.39 Å². The minimum Gasteiger partial charge on any atom is -0.357 e. The maximum atomic E-state index is 14.0. The van der Waals surface area contributed by atoms with Crippen molar-refractivity contribution in [3.8, 4) is 0 Å². The lowest BCUT2D eigenvalue weighted by atomic mass is 10.2. The van der Waals surface area contributed by atoms with Crippen LogP contribution in [0.4, 0.5) is 10.2 Å². The predicted molar refractivity (Wildman–Crippen MR) is 136 cm³/mol. The Morgan fingerprint density at radius 3 is 2.81 bits per heavy atom. The zero-order valence-corrected chi connectivity index (χ0v) is 20.4. The molecule has 0 spiro atoms. The smallest absolute Gasteiger partial charge is 0.191 e. The zero-order valence-electron chi connectivity index (χ0n) is 18.1. The van der Waals surface area contributed by atoms with E-state index in [2.05, 4.69) is 32.8 Å². The number of aromatic nitrogens is 3. The largest absolute Gasteiger partial charge is 0.357 e. The summed E-state index contributed by atoms with van der Waals surface area (Å²) in [7, 11) is 0. The topological polar surface area (TPSA) is 70.4 Å². The van der Waals surface area contributed by atoms with Gasteiger partial charge in [0.25, 0.3) is 0 Å². The number of halogens is 2. The van der Waals surface area contributed by atoms with Gasteiger partial charge in [-0.15, -0.1) is 24.0 Å². The summed E-state index contributed by atoms with van der Waals surface area (Å²) in [5.74, 6) is 0.891. The number of rotatable bonds is 7. The lowest BCUT2D eigenvalue weighted by molar-refractivity contribution is 0.612. The molecule has 1 fully saturated rings. The second-order valence-electron chi connectivity index (χ2n) is 7.61. The van der Waals surface area contributed by atoms with Gasteiger partial charge in [-0.05, 0) is 31.0 Å². The minimum atomic E-state index is -0.281. The first kappa shape index (κ1) is 24.0. The van der Waals surface area contributed by atoms with Crippen molar-refractivity contribution in [1.82, 2.24) is 25.4 Å². The van der Waals surface area contributed by atoms with Crippen LogP contribution in [-0.4, -0.2) is 46.4 Å². The summed E-state index contributed by atoms with van der Waals surface area (Å²) in [6.45, 7) is 5.54. The van der Waals surface area contributed by atoms with Crippen molar-refractivity contribution in [2.75, 3.05) is 24.5 Å². The van der Waals surface area contributed by atoms with E-state index in [1.807, 2.05) is 47.1 Å². The van der Waals surface area contributed by atoms with Crippen LogP contribution in [0.3, 0.4) is 0 Å². The molecule has 1 aliphatic heterocycles. The summed E-state index contributed by atoms with van der Waals surface area (Å²) in [4.78, 5) is 10.9. The van der Waals surface area contributed by atoms with Gasteiger partial charge in [0.15, 0.2) is 17.6 Å². The number of anilines is 1. The quantitative estimate of drug-likeness (QED) is 0.269. The van der Waals surface area contributed by atoms with Gasteiger partial charge in [0.1, 0.15) is 0 Å². The Hall–Kier alpha value is -2.69. The van der Waals surface area contributed by atoms with Crippen LogP contribution >= 0.6 is 24.0 Å². The van der Waals surface area contributed by atoms with E-state index in [0.717, 1.165) is 37.6 Å². The highest BCUT2D eigenvalue weighted by molar-refractivity contribution is 14.0. The lowest BCUT2D eigenvalue weighted by Crippen LogP contribution is -2.44. The van der Waals surface area contributed by atoms with Gasteiger partial charge < -0.3 is 15.5 Å². The fourth-order valence-electron chi connectivity index (χ4n) is 3.71. The number of benzene rings is 1. The third kappa shape index (κ3) is 6.41. The first-order valence-electron chi connectivity index (χ1n) is 10.7. The van der Waals surface area contributed by atoms with E-state index in [4.69, 9.17) is 4.99 Å². The van der Waals surface area contributed by atoms with E-state index in [0.29, 0.717) is 18.9 Å². The van der Waals surface area contributed by atoms with Crippen LogP contribution in [0, 0.1) is 5.82 Å². The molecule has 0 saturated carbocycles. The number of pyridine rings is 1. The van der Waals surface area contributed by atoms with Crippen LogP contribution in [0.15, 0.2) is 66.0 Å². The molecule has 0 amide bonds. The first-order chi connectivity index (χ1) is 15.2. The molecule has 1 aromatic carbocycles. The van der Waals surface area contributed by atoms with Gasteiger partial charge in [0.05, 0.1) is 19.3 Å². The molecule has 9 heteroatoms. The van der Waals surface area contributed by atoms with Crippen LogP contribution in [0.5, 0.6) is 0 Å². The predicted octanol–water partition coefficient (Wildman–Crippen LogP) is 3.42. The molecular formula is C23H29FIN7. The highest BCUT2D eigenvalue weighted by atomic mass is 127. The molecule has 0 radical (unpaired) electrons. The molecule has 3 heterocycles. The van der Waals surface area contributed by atoms with E-state index in [-0.39, 0.29) is 35.8 Å². The van der Waals surface area contributed by atoms with Crippen LogP contribution in [0.1, 0.15) is 24.5 Å². The van der Waals surface area contributed by atoms with Gasteiger partial charge in [0.2, 0.25) is 0 Å².